The fraction of sp³-hybridized carbons (Fsp3) is 0.294. The number of aromatic nitrogens is 3. The van der Waals surface area contributed by atoms with Crippen LogP contribution in [0.5, 0.6) is 0 Å². The number of amides is 1. The van der Waals surface area contributed by atoms with Crippen molar-refractivity contribution >= 4 is 68.2 Å². The lowest BCUT2D eigenvalue weighted by Gasteiger charge is -2.07. The van der Waals surface area contributed by atoms with E-state index in [-0.39, 0.29) is 11.7 Å². The van der Waals surface area contributed by atoms with E-state index < -0.39 is 0 Å². The summed E-state index contributed by atoms with van der Waals surface area (Å²) in [6, 6.07) is 1.55. The van der Waals surface area contributed by atoms with Gasteiger partial charge in [0.05, 0.1) is 15.8 Å². The lowest BCUT2D eigenvalue weighted by molar-refractivity contribution is -0.113. The van der Waals surface area contributed by atoms with Crippen LogP contribution >= 0.6 is 46.3 Å². The van der Waals surface area contributed by atoms with E-state index in [1.807, 2.05) is 6.92 Å². The van der Waals surface area contributed by atoms with Gasteiger partial charge in [-0.15, -0.1) is 11.3 Å². The number of thiophene rings is 1. The number of halogens is 2. The minimum atomic E-state index is -0.192. The Morgan fingerprint density at radius 2 is 2.19 bits per heavy atom. The van der Waals surface area contributed by atoms with E-state index in [1.165, 1.54) is 34.8 Å². The smallest absolute Gasteiger partial charge is 0.235 e. The van der Waals surface area contributed by atoms with Crippen LogP contribution in [-0.2, 0) is 17.6 Å². The predicted molar refractivity (Wildman–Crippen MR) is 108 cm³/mol. The summed E-state index contributed by atoms with van der Waals surface area (Å²) in [5.74, 6) is 1.06. The van der Waals surface area contributed by atoms with Crippen molar-refractivity contribution in [3.8, 4) is 0 Å². The van der Waals surface area contributed by atoms with Crippen LogP contribution in [0.3, 0.4) is 0 Å². The zero-order chi connectivity index (χ0) is 18.3. The number of nitrogens with zero attached hydrogens (tertiary/aromatic N) is 3. The maximum absolute atomic E-state index is 12.3. The Labute approximate surface area is 168 Å². The second-order valence-corrected chi connectivity index (χ2v) is 8.83. The Bertz CT molecular complexity index is 1020. The highest BCUT2D eigenvalue weighted by molar-refractivity contribution is 8.00. The van der Waals surface area contributed by atoms with E-state index in [9.17, 15) is 4.79 Å². The van der Waals surface area contributed by atoms with Gasteiger partial charge in [-0.2, -0.15) is 0 Å². The van der Waals surface area contributed by atoms with Gasteiger partial charge in [0.25, 0.3) is 0 Å². The minimum Gasteiger partial charge on any atom is -0.309 e. The molecule has 0 radical (unpaired) electrons. The highest BCUT2D eigenvalue weighted by Crippen LogP contribution is 2.40. The molecule has 0 bridgehead atoms. The molecule has 0 aromatic carbocycles. The molecule has 3 heterocycles. The molecule has 1 aliphatic carbocycles. The second kappa shape index (κ2) is 7.31. The first-order valence-corrected chi connectivity index (χ1v) is 10.6. The number of hydrogen-bond acceptors (Lipinski definition) is 6. The van der Waals surface area contributed by atoms with Gasteiger partial charge in [0, 0.05) is 16.5 Å². The Morgan fingerprint density at radius 3 is 3.00 bits per heavy atom. The molecule has 9 heteroatoms. The van der Waals surface area contributed by atoms with Crippen LogP contribution in [0, 0.1) is 6.92 Å². The summed E-state index contributed by atoms with van der Waals surface area (Å²) >= 11 is 15.0. The fourth-order valence-electron chi connectivity index (χ4n) is 2.98. The number of carbonyl (C=O) groups is 1. The Balaban J connectivity index is 1.53. The molecule has 0 spiro atoms. The average Bonchev–Trinajstić information content (AvgIpc) is 3.15. The van der Waals surface area contributed by atoms with Crippen LogP contribution in [-0.4, -0.2) is 26.6 Å². The van der Waals surface area contributed by atoms with Gasteiger partial charge >= 0.3 is 0 Å². The average molecular weight is 425 g/mol. The molecule has 0 aliphatic heterocycles. The van der Waals surface area contributed by atoms with Crippen molar-refractivity contribution in [2.45, 2.75) is 31.2 Å². The van der Waals surface area contributed by atoms with E-state index in [2.05, 4.69) is 20.3 Å². The summed E-state index contributed by atoms with van der Waals surface area (Å²) in [7, 11) is 0. The number of nitrogens with one attached hydrogen (secondary N) is 1. The highest BCUT2D eigenvalue weighted by Gasteiger charge is 2.22. The molecule has 0 saturated carbocycles. The van der Waals surface area contributed by atoms with E-state index in [1.54, 1.807) is 17.4 Å². The van der Waals surface area contributed by atoms with Gasteiger partial charge < -0.3 is 5.32 Å². The molecular weight excluding hydrogens is 411 g/mol. The SMILES string of the molecule is Cc1nc(SCC(=O)Nc2ncc(Cl)cc2Cl)c2c3c(sc2n1)CCC3. The summed E-state index contributed by atoms with van der Waals surface area (Å²) in [4.78, 5) is 27.9. The molecule has 0 unspecified atom stereocenters. The topological polar surface area (TPSA) is 67.8 Å². The van der Waals surface area contributed by atoms with Gasteiger partial charge in [0.2, 0.25) is 5.91 Å². The summed E-state index contributed by atoms with van der Waals surface area (Å²) in [5.41, 5.74) is 1.36. The van der Waals surface area contributed by atoms with Crippen molar-refractivity contribution < 1.29 is 4.79 Å². The molecule has 3 aromatic heterocycles. The molecule has 3 aromatic rings. The Kier molecular flexibility index (Phi) is 5.05. The number of hydrogen-bond donors (Lipinski definition) is 1. The molecule has 0 fully saturated rings. The van der Waals surface area contributed by atoms with Crippen molar-refractivity contribution in [3.05, 3.63) is 38.6 Å². The summed E-state index contributed by atoms with van der Waals surface area (Å²) in [6.45, 7) is 1.88. The first-order chi connectivity index (χ1) is 12.5. The summed E-state index contributed by atoms with van der Waals surface area (Å²) in [6.07, 6.45) is 4.80. The van der Waals surface area contributed by atoms with Crippen LogP contribution in [0.25, 0.3) is 10.2 Å². The van der Waals surface area contributed by atoms with E-state index in [4.69, 9.17) is 23.2 Å². The van der Waals surface area contributed by atoms with Crippen molar-refractivity contribution in [1.29, 1.82) is 0 Å². The van der Waals surface area contributed by atoms with Crippen LogP contribution in [0.2, 0.25) is 10.0 Å². The van der Waals surface area contributed by atoms with Gasteiger partial charge in [0.15, 0.2) is 5.82 Å². The normalized spacial score (nSPS) is 13.2. The lowest BCUT2D eigenvalue weighted by atomic mass is 10.2. The second-order valence-electron chi connectivity index (χ2n) is 5.93. The monoisotopic (exact) mass is 424 g/mol. The molecule has 134 valence electrons. The van der Waals surface area contributed by atoms with Gasteiger partial charge in [0.1, 0.15) is 15.7 Å². The van der Waals surface area contributed by atoms with Crippen molar-refractivity contribution in [2.75, 3.05) is 11.1 Å². The number of anilines is 1. The van der Waals surface area contributed by atoms with Crippen molar-refractivity contribution in [3.63, 3.8) is 0 Å². The molecule has 5 nitrogen and oxygen atoms in total. The van der Waals surface area contributed by atoms with Gasteiger partial charge in [-0.05, 0) is 37.8 Å². The molecule has 0 atom stereocenters. The third-order valence-electron chi connectivity index (χ3n) is 4.05. The lowest BCUT2D eigenvalue weighted by Crippen LogP contribution is -2.15. The van der Waals surface area contributed by atoms with Crippen LogP contribution in [0.1, 0.15) is 22.7 Å². The largest absolute Gasteiger partial charge is 0.309 e. The maximum Gasteiger partial charge on any atom is 0.235 e. The highest BCUT2D eigenvalue weighted by atomic mass is 35.5. The third kappa shape index (κ3) is 3.53. The van der Waals surface area contributed by atoms with E-state index in [0.717, 1.165) is 33.9 Å². The van der Waals surface area contributed by atoms with E-state index >= 15 is 0 Å². The molecule has 1 N–H and O–H groups in total. The van der Waals surface area contributed by atoms with Crippen molar-refractivity contribution in [2.24, 2.45) is 0 Å². The van der Waals surface area contributed by atoms with Gasteiger partial charge in [-0.25, -0.2) is 15.0 Å². The predicted octanol–water partition coefficient (Wildman–Crippen LogP) is 4.92. The number of rotatable bonds is 4. The molecular formula is C17H14Cl2N4OS2. The fourth-order valence-corrected chi connectivity index (χ4v) is 5.68. The van der Waals surface area contributed by atoms with Gasteiger partial charge in [-0.3, -0.25) is 4.79 Å². The molecule has 26 heavy (non-hydrogen) atoms. The van der Waals surface area contributed by atoms with Crippen molar-refractivity contribution in [1.82, 2.24) is 15.0 Å². The quantitative estimate of drug-likeness (QED) is 0.475. The number of pyridine rings is 1. The molecule has 1 aliphatic rings. The molecule has 4 rings (SSSR count). The number of fused-ring (bicyclic) bond motifs is 3. The first-order valence-electron chi connectivity index (χ1n) is 8.04. The molecule has 1 amide bonds. The maximum atomic E-state index is 12.3. The van der Waals surface area contributed by atoms with Gasteiger partial charge in [-0.1, -0.05) is 35.0 Å². The number of carbonyl (C=O) groups excluding carboxylic acids is 1. The third-order valence-corrected chi connectivity index (χ3v) is 6.70. The zero-order valence-corrected chi connectivity index (χ0v) is 17.0. The van der Waals surface area contributed by atoms with E-state index in [0.29, 0.717) is 15.9 Å². The first kappa shape index (κ1) is 18.0. The summed E-state index contributed by atoms with van der Waals surface area (Å²) < 4.78 is 0. The van der Waals surface area contributed by atoms with Crippen LogP contribution < -0.4 is 5.32 Å². The zero-order valence-electron chi connectivity index (χ0n) is 13.8. The van der Waals surface area contributed by atoms with Crippen LogP contribution in [0.4, 0.5) is 5.82 Å². The Morgan fingerprint density at radius 1 is 1.35 bits per heavy atom. The summed E-state index contributed by atoms with van der Waals surface area (Å²) in [5, 5.41) is 5.44. The Hall–Kier alpha value is -1.41. The van der Waals surface area contributed by atoms with Crippen LogP contribution in [0.15, 0.2) is 17.3 Å². The standard InChI is InChI=1S/C17H14Cl2N4OS2/c1-8-21-16(14-10-3-2-4-12(10)26-17(14)22-8)25-7-13(24)23-15-11(19)5-9(18)6-20-15/h5-6H,2-4,7H2,1H3,(H,20,23,24). The number of aryl methyl sites for hydroxylation is 3. The minimum absolute atomic E-state index is 0.192. The number of thioether (sulfide) groups is 1. The molecule has 0 saturated heterocycles.